The van der Waals surface area contributed by atoms with E-state index in [0.29, 0.717) is 5.02 Å². The van der Waals surface area contributed by atoms with Crippen LogP contribution in [0.25, 0.3) is 0 Å². The number of rotatable bonds is 5. The number of sulfonamides is 1. The third-order valence-corrected chi connectivity index (χ3v) is 7.58. The van der Waals surface area contributed by atoms with Gasteiger partial charge >= 0.3 is 0 Å². The van der Waals surface area contributed by atoms with Crippen molar-refractivity contribution in [2.75, 3.05) is 0 Å². The number of aryl methyl sites for hydroxylation is 1. The van der Waals surface area contributed by atoms with Crippen molar-refractivity contribution >= 4 is 21.6 Å². The Kier molecular flexibility index (Phi) is 7.24. The molecular formula is C28H34ClNO3S. The molecule has 34 heavy (non-hydrogen) atoms. The number of hydrogen-bond donors (Lipinski definition) is 2. The summed E-state index contributed by atoms with van der Waals surface area (Å²) in [4.78, 5) is 0.197. The molecule has 0 radical (unpaired) electrons. The summed E-state index contributed by atoms with van der Waals surface area (Å²) in [5.74, 6) is 0.250. The fraction of sp³-hybridized carbons (Fsp3) is 0.357. The van der Waals surface area contributed by atoms with Crippen LogP contribution < -0.4 is 4.72 Å². The van der Waals surface area contributed by atoms with Gasteiger partial charge in [0, 0.05) is 5.02 Å². The lowest BCUT2D eigenvalue weighted by Crippen LogP contribution is -2.30. The molecule has 2 N–H and O–H groups in total. The van der Waals surface area contributed by atoms with Gasteiger partial charge in [-0.1, -0.05) is 83.0 Å². The van der Waals surface area contributed by atoms with E-state index in [1.54, 1.807) is 36.4 Å². The number of nitrogens with one attached hydrogen (secondary N) is 1. The molecule has 1 atom stereocenters. The maximum Gasteiger partial charge on any atom is 0.241 e. The third-order valence-electron chi connectivity index (χ3n) is 5.89. The fourth-order valence-electron chi connectivity index (χ4n) is 3.89. The van der Waals surface area contributed by atoms with Crippen LogP contribution in [0, 0.1) is 6.92 Å². The summed E-state index contributed by atoms with van der Waals surface area (Å²) in [6.07, 6.45) is 0. The van der Waals surface area contributed by atoms with Crippen molar-refractivity contribution in [2.24, 2.45) is 0 Å². The first kappa shape index (κ1) is 26.3. The molecule has 0 saturated carbocycles. The smallest absolute Gasteiger partial charge is 0.241 e. The molecular weight excluding hydrogens is 466 g/mol. The molecule has 6 heteroatoms. The van der Waals surface area contributed by atoms with Crippen molar-refractivity contribution in [1.82, 2.24) is 4.72 Å². The van der Waals surface area contributed by atoms with E-state index in [0.717, 1.165) is 27.8 Å². The van der Waals surface area contributed by atoms with Crippen molar-refractivity contribution in [3.05, 3.63) is 93.5 Å². The summed E-state index contributed by atoms with van der Waals surface area (Å²) < 4.78 is 29.7. The molecule has 4 nitrogen and oxygen atoms in total. The van der Waals surface area contributed by atoms with Gasteiger partial charge in [0.1, 0.15) is 5.75 Å². The molecule has 0 fully saturated rings. The Morgan fingerprint density at radius 1 is 0.794 bits per heavy atom. The van der Waals surface area contributed by atoms with Crippen LogP contribution >= 0.6 is 11.6 Å². The molecule has 0 aromatic heterocycles. The van der Waals surface area contributed by atoms with E-state index in [1.165, 1.54) is 0 Å². The van der Waals surface area contributed by atoms with Crippen LogP contribution in [0.1, 0.15) is 75.4 Å². The van der Waals surface area contributed by atoms with Gasteiger partial charge < -0.3 is 5.11 Å². The summed E-state index contributed by atoms with van der Waals surface area (Å²) in [5.41, 5.74) is 3.33. The standard InChI is InChI=1S/C28H34ClNO3S/c1-18-8-14-22(15-9-18)34(32,33)30-25(19-10-12-21(29)13-11-19)20-16-23(27(2,3)4)26(31)24(17-20)28(5,6)7/h8-17,25,30-31H,1-7H3. The second kappa shape index (κ2) is 9.37. The van der Waals surface area contributed by atoms with Crippen LogP contribution in [0.4, 0.5) is 0 Å². The predicted molar refractivity (Wildman–Crippen MR) is 140 cm³/mol. The molecule has 0 spiro atoms. The zero-order chi connectivity index (χ0) is 25.5. The van der Waals surface area contributed by atoms with Gasteiger partial charge in [-0.15, -0.1) is 0 Å². The maximum atomic E-state index is 13.4. The zero-order valence-electron chi connectivity index (χ0n) is 20.9. The number of hydrogen-bond acceptors (Lipinski definition) is 3. The summed E-state index contributed by atoms with van der Waals surface area (Å²) in [7, 11) is -3.83. The SMILES string of the molecule is Cc1ccc(S(=O)(=O)NC(c2ccc(Cl)cc2)c2cc(C(C)(C)C)c(O)c(C(C)(C)C)c2)cc1. The summed E-state index contributed by atoms with van der Waals surface area (Å²) in [5, 5.41) is 11.7. The molecule has 182 valence electrons. The topological polar surface area (TPSA) is 66.4 Å². The quantitative estimate of drug-likeness (QED) is 0.396. The molecule has 0 heterocycles. The average Bonchev–Trinajstić information content (AvgIpc) is 2.72. The minimum absolute atomic E-state index is 0.197. The summed E-state index contributed by atoms with van der Waals surface area (Å²) >= 11 is 6.13. The number of halogens is 1. The van der Waals surface area contributed by atoms with Gasteiger partial charge in [0.25, 0.3) is 0 Å². The molecule has 3 aromatic rings. The molecule has 0 aliphatic rings. The van der Waals surface area contributed by atoms with E-state index >= 15 is 0 Å². The highest BCUT2D eigenvalue weighted by atomic mass is 35.5. The lowest BCUT2D eigenvalue weighted by molar-refractivity contribution is 0.422. The average molecular weight is 500 g/mol. The highest BCUT2D eigenvalue weighted by Gasteiger charge is 2.30. The normalized spacial score (nSPS) is 13.6. The van der Waals surface area contributed by atoms with E-state index in [2.05, 4.69) is 4.72 Å². The third kappa shape index (κ3) is 5.83. The Balaban J connectivity index is 2.25. The van der Waals surface area contributed by atoms with Gasteiger partial charge in [0.2, 0.25) is 10.0 Å². The molecule has 0 saturated heterocycles. The van der Waals surface area contributed by atoms with Gasteiger partial charge in [-0.3, -0.25) is 0 Å². The van der Waals surface area contributed by atoms with Crippen molar-refractivity contribution in [3.63, 3.8) is 0 Å². The Hall–Kier alpha value is -2.34. The molecule has 3 aromatic carbocycles. The fourth-order valence-corrected chi connectivity index (χ4v) is 5.23. The van der Waals surface area contributed by atoms with Crippen LogP contribution in [-0.2, 0) is 20.9 Å². The second-order valence-electron chi connectivity index (χ2n) is 10.9. The maximum absolute atomic E-state index is 13.4. The molecule has 0 bridgehead atoms. The number of phenolic OH excluding ortho intramolecular Hbond substituents is 1. The minimum Gasteiger partial charge on any atom is -0.507 e. The van der Waals surface area contributed by atoms with Gasteiger partial charge in [0.05, 0.1) is 10.9 Å². The summed E-state index contributed by atoms with van der Waals surface area (Å²) in [6, 6.07) is 17.1. The highest BCUT2D eigenvalue weighted by molar-refractivity contribution is 7.89. The highest BCUT2D eigenvalue weighted by Crippen LogP contribution is 2.42. The molecule has 0 amide bonds. The lowest BCUT2D eigenvalue weighted by atomic mass is 9.77. The first-order valence-electron chi connectivity index (χ1n) is 11.3. The predicted octanol–water partition coefficient (Wildman–Crippen LogP) is 7.02. The molecule has 0 aliphatic carbocycles. The van der Waals surface area contributed by atoms with Crippen molar-refractivity contribution in [2.45, 2.75) is 70.2 Å². The van der Waals surface area contributed by atoms with E-state index < -0.39 is 16.1 Å². The van der Waals surface area contributed by atoms with Crippen molar-refractivity contribution < 1.29 is 13.5 Å². The van der Waals surface area contributed by atoms with Crippen LogP contribution in [0.2, 0.25) is 5.02 Å². The molecule has 0 aliphatic heterocycles. The second-order valence-corrected chi connectivity index (χ2v) is 13.0. The Morgan fingerprint density at radius 2 is 1.26 bits per heavy atom. The first-order chi connectivity index (χ1) is 15.6. The van der Waals surface area contributed by atoms with Gasteiger partial charge in [-0.2, -0.15) is 4.72 Å². The van der Waals surface area contributed by atoms with Crippen LogP contribution in [0.5, 0.6) is 5.75 Å². The molecule has 1 unspecified atom stereocenters. The molecule has 3 rings (SSSR count). The van der Waals surface area contributed by atoms with E-state index in [-0.39, 0.29) is 21.5 Å². The number of phenols is 1. The van der Waals surface area contributed by atoms with Gasteiger partial charge in [0.15, 0.2) is 0 Å². The van der Waals surface area contributed by atoms with E-state index in [1.807, 2.05) is 72.7 Å². The van der Waals surface area contributed by atoms with Gasteiger partial charge in [-0.25, -0.2) is 8.42 Å². The van der Waals surface area contributed by atoms with Crippen molar-refractivity contribution in [3.8, 4) is 5.75 Å². The monoisotopic (exact) mass is 499 g/mol. The van der Waals surface area contributed by atoms with Crippen LogP contribution in [-0.4, -0.2) is 13.5 Å². The Bertz CT molecular complexity index is 1230. The Labute approximate surface area is 209 Å². The number of aromatic hydroxyl groups is 1. The lowest BCUT2D eigenvalue weighted by Gasteiger charge is -2.30. The largest absolute Gasteiger partial charge is 0.507 e. The van der Waals surface area contributed by atoms with Crippen LogP contribution in [0.15, 0.2) is 65.6 Å². The van der Waals surface area contributed by atoms with Crippen molar-refractivity contribution in [1.29, 1.82) is 0 Å². The first-order valence-corrected chi connectivity index (χ1v) is 13.2. The van der Waals surface area contributed by atoms with E-state index in [4.69, 9.17) is 11.6 Å². The van der Waals surface area contributed by atoms with Crippen LogP contribution in [0.3, 0.4) is 0 Å². The summed E-state index contributed by atoms with van der Waals surface area (Å²) in [6.45, 7) is 14.1. The number of benzene rings is 3. The minimum atomic E-state index is -3.83. The van der Waals surface area contributed by atoms with Gasteiger partial charge in [-0.05, 0) is 76.4 Å². The van der Waals surface area contributed by atoms with E-state index in [9.17, 15) is 13.5 Å². The Morgan fingerprint density at radius 3 is 1.71 bits per heavy atom. The zero-order valence-corrected chi connectivity index (χ0v) is 22.5.